The number of carbonyl (C=O) groups is 2. The van der Waals surface area contributed by atoms with Crippen molar-refractivity contribution >= 4 is 44.8 Å². The molecule has 1 aliphatic heterocycles. The Labute approximate surface area is 191 Å². The van der Waals surface area contributed by atoms with Gasteiger partial charge >= 0.3 is 5.97 Å². The predicted octanol–water partition coefficient (Wildman–Crippen LogP) is 2.20. The number of amides is 1. The highest BCUT2D eigenvalue weighted by Gasteiger charge is 2.35. The lowest BCUT2D eigenvalue weighted by Gasteiger charge is -2.26. The molecule has 168 valence electrons. The number of carbonyl (C=O) groups excluding carboxylic acids is 2. The fourth-order valence-electron chi connectivity index (χ4n) is 3.36. The first-order valence-electron chi connectivity index (χ1n) is 9.33. The van der Waals surface area contributed by atoms with Crippen LogP contribution in [0.25, 0.3) is 0 Å². The van der Waals surface area contributed by atoms with Crippen LogP contribution in [-0.4, -0.2) is 48.4 Å². The zero-order chi connectivity index (χ0) is 22.9. The number of aromatic nitrogens is 2. The van der Waals surface area contributed by atoms with E-state index in [9.17, 15) is 22.4 Å². The first kappa shape index (κ1) is 22.5. The predicted molar refractivity (Wildman–Crippen MR) is 114 cm³/mol. The maximum Gasteiger partial charge on any atom is 0.340 e. The van der Waals surface area contributed by atoms with Crippen LogP contribution in [0.15, 0.2) is 33.9 Å². The smallest absolute Gasteiger partial charge is 0.340 e. The van der Waals surface area contributed by atoms with E-state index in [-0.39, 0.29) is 34.5 Å². The van der Waals surface area contributed by atoms with Crippen LogP contribution < -0.4 is 4.72 Å². The van der Waals surface area contributed by atoms with Crippen LogP contribution in [0.2, 0.25) is 0 Å². The molecule has 1 aliphatic rings. The van der Waals surface area contributed by atoms with Crippen molar-refractivity contribution in [3.8, 4) is 0 Å². The molecule has 1 aromatic carbocycles. The van der Waals surface area contributed by atoms with E-state index in [0.29, 0.717) is 29.0 Å². The average Bonchev–Trinajstić information content (AvgIpc) is 3.45. The van der Waals surface area contributed by atoms with E-state index in [1.165, 1.54) is 30.2 Å². The van der Waals surface area contributed by atoms with Gasteiger partial charge in [-0.2, -0.15) is 0 Å². The minimum atomic E-state index is -4.11. The van der Waals surface area contributed by atoms with Crippen LogP contribution in [0, 0.1) is 5.82 Å². The molecule has 32 heavy (non-hydrogen) atoms. The number of halogens is 1. The Morgan fingerprint density at radius 2 is 2.16 bits per heavy atom. The molecule has 0 bridgehead atoms. The van der Waals surface area contributed by atoms with Crippen molar-refractivity contribution in [2.75, 3.05) is 13.7 Å². The Balaban J connectivity index is 1.64. The van der Waals surface area contributed by atoms with E-state index in [2.05, 4.69) is 14.3 Å². The van der Waals surface area contributed by atoms with Crippen LogP contribution in [0.4, 0.5) is 4.39 Å². The maximum absolute atomic E-state index is 13.4. The Bertz CT molecular complexity index is 1270. The van der Waals surface area contributed by atoms with E-state index in [1.54, 1.807) is 11.4 Å². The minimum absolute atomic E-state index is 0.0262. The van der Waals surface area contributed by atoms with Crippen LogP contribution in [0.3, 0.4) is 0 Å². The number of ether oxygens (including phenoxy) is 1. The third-order valence-electron chi connectivity index (χ3n) is 4.88. The molecule has 1 N–H and O–H groups in total. The third-order valence-corrected chi connectivity index (χ3v) is 8.52. The van der Waals surface area contributed by atoms with Crippen molar-refractivity contribution in [1.82, 2.24) is 19.2 Å². The highest BCUT2D eigenvalue weighted by molar-refractivity contribution is 7.91. The SMILES string of the molecule is COC(=O)c1c(S(=O)(=O)NCc2cccc(F)c2)sc2c1CCN(C(=O)c1csnn1)C2. The highest BCUT2D eigenvalue weighted by Crippen LogP contribution is 2.37. The Kier molecular flexibility index (Phi) is 6.33. The second-order valence-corrected chi connectivity index (χ2v) is 10.6. The molecule has 0 unspecified atom stereocenters. The van der Waals surface area contributed by atoms with Gasteiger partial charge in [-0.25, -0.2) is 22.3 Å². The van der Waals surface area contributed by atoms with Crippen molar-refractivity contribution in [3.05, 3.63) is 62.7 Å². The highest BCUT2D eigenvalue weighted by atomic mass is 32.2. The van der Waals surface area contributed by atoms with Gasteiger partial charge in [-0.05, 0) is 41.2 Å². The number of hydrogen-bond acceptors (Lipinski definition) is 9. The molecule has 0 saturated heterocycles. The molecule has 4 rings (SSSR count). The second kappa shape index (κ2) is 9.02. The van der Waals surface area contributed by atoms with Gasteiger partial charge in [-0.15, -0.1) is 16.4 Å². The zero-order valence-electron chi connectivity index (χ0n) is 16.7. The van der Waals surface area contributed by atoms with E-state index in [0.717, 1.165) is 22.9 Å². The van der Waals surface area contributed by atoms with Gasteiger partial charge in [-0.1, -0.05) is 16.6 Å². The molecule has 13 heteroatoms. The molecule has 2 aromatic heterocycles. The number of sulfonamides is 1. The van der Waals surface area contributed by atoms with Gasteiger partial charge in [0.1, 0.15) is 10.0 Å². The Morgan fingerprint density at radius 1 is 1.34 bits per heavy atom. The summed E-state index contributed by atoms with van der Waals surface area (Å²) in [5.74, 6) is -1.56. The number of methoxy groups -OCH3 is 1. The van der Waals surface area contributed by atoms with Crippen molar-refractivity contribution < 1.29 is 27.1 Å². The van der Waals surface area contributed by atoms with Crippen molar-refractivity contribution in [3.63, 3.8) is 0 Å². The van der Waals surface area contributed by atoms with E-state index < -0.39 is 21.8 Å². The molecule has 0 radical (unpaired) electrons. The normalized spacial score (nSPS) is 13.6. The van der Waals surface area contributed by atoms with E-state index in [1.807, 2.05) is 0 Å². The van der Waals surface area contributed by atoms with Crippen LogP contribution in [0.5, 0.6) is 0 Å². The number of hydrogen-bond donors (Lipinski definition) is 1. The first-order chi connectivity index (χ1) is 15.3. The number of thiophene rings is 1. The lowest BCUT2D eigenvalue weighted by Crippen LogP contribution is -2.36. The van der Waals surface area contributed by atoms with Gasteiger partial charge in [0.2, 0.25) is 0 Å². The summed E-state index contributed by atoms with van der Waals surface area (Å²) in [6.45, 7) is 0.283. The quantitative estimate of drug-likeness (QED) is 0.520. The lowest BCUT2D eigenvalue weighted by molar-refractivity contribution is 0.0595. The molecular weight excluding hydrogens is 479 g/mol. The lowest BCUT2D eigenvalue weighted by atomic mass is 10.0. The number of benzene rings is 1. The largest absolute Gasteiger partial charge is 0.465 e. The number of nitrogens with one attached hydrogen (secondary N) is 1. The van der Waals surface area contributed by atoms with Crippen molar-refractivity contribution in [2.45, 2.75) is 23.7 Å². The third kappa shape index (κ3) is 4.41. The molecule has 0 fully saturated rings. The van der Waals surface area contributed by atoms with Gasteiger partial charge in [0.15, 0.2) is 5.69 Å². The molecule has 0 spiro atoms. The minimum Gasteiger partial charge on any atom is -0.465 e. The summed E-state index contributed by atoms with van der Waals surface area (Å²) in [5, 5.41) is 5.32. The van der Waals surface area contributed by atoms with Crippen molar-refractivity contribution in [1.29, 1.82) is 0 Å². The first-order valence-corrected chi connectivity index (χ1v) is 12.5. The molecule has 3 aromatic rings. The summed E-state index contributed by atoms with van der Waals surface area (Å²) in [5.41, 5.74) is 1.17. The average molecular weight is 497 g/mol. The Hall–Kier alpha value is -2.74. The summed E-state index contributed by atoms with van der Waals surface area (Å²) in [7, 11) is -2.93. The van der Waals surface area contributed by atoms with Gasteiger partial charge in [0, 0.05) is 23.3 Å². The molecule has 0 saturated carbocycles. The molecule has 1 amide bonds. The topological polar surface area (TPSA) is 119 Å². The van der Waals surface area contributed by atoms with E-state index >= 15 is 0 Å². The molecule has 0 aliphatic carbocycles. The standard InChI is InChI=1S/C19H17FN4O5S3/c1-29-18(26)16-13-5-6-24(17(25)14-10-30-23-22-14)9-15(13)31-19(16)32(27,28)21-8-11-3-2-4-12(20)7-11/h2-4,7,10,21H,5-6,8-9H2,1H3. The fraction of sp³-hybridized carbons (Fsp3) is 0.263. The summed E-state index contributed by atoms with van der Waals surface area (Å²) < 4.78 is 50.3. The summed E-state index contributed by atoms with van der Waals surface area (Å²) >= 11 is 1.98. The van der Waals surface area contributed by atoms with Crippen LogP contribution in [-0.2, 0) is 34.3 Å². The zero-order valence-corrected chi connectivity index (χ0v) is 19.2. The number of rotatable bonds is 6. The monoisotopic (exact) mass is 496 g/mol. The van der Waals surface area contributed by atoms with Gasteiger partial charge in [0.25, 0.3) is 15.9 Å². The van der Waals surface area contributed by atoms with Gasteiger partial charge in [0.05, 0.1) is 19.2 Å². The number of nitrogens with zero attached hydrogens (tertiary/aromatic N) is 3. The molecule has 3 heterocycles. The fourth-order valence-corrected chi connectivity index (χ4v) is 6.75. The summed E-state index contributed by atoms with van der Waals surface area (Å²) in [4.78, 5) is 27.2. The van der Waals surface area contributed by atoms with Gasteiger partial charge in [-0.3, -0.25) is 4.79 Å². The number of fused-ring (bicyclic) bond motifs is 1. The molecule has 0 atom stereocenters. The van der Waals surface area contributed by atoms with E-state index in [4.69, 9.17) is 4.74 Å². The Morgan fingerprint density at radius 3 is 2.84 bits per heavy atom. The second-order valence-electron chi connectivity index (χ2n) is 6.88. The summed E-state index contributed by atoms with van der Waals surface area (Å²) in [6, 6.07) is 5.55. The molecular formula is C19H17FN4O5S3. The maximum atomic E-state index is 13.4. The van der Waals surface area contributed by atoms with Crippen LogP contribution >= 0.6 is 22.9 Å². The summed E-state index contributed by atoms with van der Waals surface area (Å²) in [6.07, 6.45) is 0.291. The van der Waals surface area contributed by atoms with Crippen molar-refractivity contribution in [2.24, 2.45) is 0 Å². The number of esters is 1. The van der Waals surface area contributed by atoms with Gasteiger partial charge < -0.3 is 9.64 Å². The van der Waals surface area contributed by atoms with Crippen LogP contribution in [0.1, 0.15) is 36.9 Å². The molecule has 9 nitrogen and oxygen atoms in total.